The van der Waals surface area contributed by atoms with E-state index in [1.165, 1.54) is 7.11 Å². The van der Waals surface area contributed by atoms with Gasteiger partial charge in [-0.15, -0.1) is 0 Å². The van der Waals surface area contributed by atoms with Crippen LogP contribution in [0.25, 0.3) is 0 Å². The third-order valence-electron chi connectivity index (χ3n) is 1.59. The lowest BCUT2D eigenvalue weighted by atomic mass is 10.1. The van der Waals surface area contributed by atoms with Gasteiger partial charge in [-0.05, 0) is 22.0 Å². The Morgan fingerprint density at radius 3 is 2.85 bits per heavy atom. The number of benzene rings is 1. The van der Waals surface area contributed by atoms with Gasteiger partial charge < -0.3 is 9.84 Å². The van der Waals surface area contributed by atoms with Gasteiger partial charge in [0.15, 0.2) is 0 Å². The highest BCUT2D eigenvalue weighted by atomic mass is 79.9. The van der Waals surface area contributed by atoms with Gasteiger partial charge in [-0.25, -0.2) is 0 Å². The van der Waals surface area contributed by atoms with E-state index < -0.39 is 5.97 Å². The summed E-state index contributed by atoms with van der Waals surface area (Å²) in [4.78, 5) is 10.5. The fourth-order valence-corrected chi connectivity index (χ4v) is 1.65. The van der Waals surface area contributed by atoms with Crippen LogP contribution in [0.15, 0.2) is 22.7 Å². The molecular formula is C9H9BrO3. The molecule has 0 heterocycles. The van der Waals surface area contributed by atoms with E-state index >= 15 is 0 Å². The molecule has 1 rings (SSSR count). The molecule has 0 aromatic heterocycles. The van der Waals surface area contributed by atoms with Crippen LogP contribution in [0.5, 0.6) is 5.75 Å². The van der Waals surface area contributed by atoms with Gasteiger partial charge in [0.25, 0.3) is 0 Å². The smallest absolute Gasteiger partial charge is 0.307 e. The van der Waals surface area contributed by atoms with Crippen LogP contribution >= 0.6 is 15.9 Å². The zero-order valence-electron chi connectivity index (χ0n) is 7.08. The number of hydrogen-bond donors (Lipinski definition) is 1. The minimum absolute atomic E-state index is 0.0252. The Morgan fingerprint density at radius 1 is 1.62 bits per heavy atom. The maximum absolute atomic E-state index is 10.5. The quantitative estimate of drug-likeness (QED) is 0.886. The molecule has 0 fully saturated rings. The molecule has 1 N–H and O–H groups in total. The molecule has 0 saturated heterocycles. The highest BCUT2D eigenvalue weighted by Gasteiger charge is 2.09. The van der Waals surface area contributed by atoms with Crippen LogP contribution in [0, 0.1) is 0 Å². The summed E-state index contributed by atoms with van der Waals surface area (Å²) >= 11 is 3.28. The fourth-order valence-electron chi connectivity index (χ4n) is 1.08. The summed E-state index contributed by atoms with van der Waals surface area (Å²) in [5.41, 5.74) is 0.671. The Balaban J connectivity index is 3.05. The molecule has 70 valence electrons. The van der Waals surface area contributed by atoms with E-state index in [0.29, 0.717) is 11.3 Å². The standard InChI is InChI=1S/C9H9BrO3/c1-13-9-6(5-8(11)12)3-2-4-7(9)10/h2-4H,5H2,1H3,(H,11,12). The molecule has 0 atom stereocenters. The van der Waals surface area contributed by atoms with Crippen LogP contribution in [0.1, 0.15) is 5.56 Å². The highest BCUT2D eigenvalue weighted by molar-refractivity contribution is 9.10. The number of hydrogen-bond acceptors (Lipinski definition) is 2. The second-order valence-corrected chi connectivity index (χ2v) is 3.36. The first kappa shape index (κ1) is 10.1. The topological polar surface area (TPSA) is 46.5 Å². The highest BCUT2D eigenvalue weighted by Crippen LogP contribution is 2.28. The minimum atomic E-state index is -0.864. The Morgan fingerprint density at radius 2 is 2.31 bits per heavy atom. The van der Waals surface area contributed by atoms with Gasteiger partial charge in [0.1, 0.15) is 5.75 Å². The average Bonchev–Trinajstić information content (AvgIpc) is 2.03. The number of para-hydroxylation sites is 1. The van der Waals surface area contributed by atoms with Crippen LogP contribution in [0.3, 0.4) is 0 Å². The normalized spacial score (nSPS) is 9.69. The van der Waals surface area contributed by atoms with Crippen molar-refractivity contribution in [2.45, 2.75) is 6.42 Å². The first-order valence-electron chi connectivity index (χ1n) is 3.68. The van der Waals surface area contributed by atoms with E-state index in [-0.39, 0.29) is 6.42 Å². The number of carboxylic acids is 1. The van der Waals surface area contributed by atoms with E-state index in [1.807, 2.05) is 6.07 Å². The summed E-state index contributed by atoms with van der Waals surface area (Å²) in [6, 6.07) is 5.33. The lowest BCUT2D eigenvalue weighted by Gasteiger charge is -2.07. The van der Waals surface area contributed by atoms with Crippen molar-refractivity contribution in [2.24, 2.45) is 0 Å². The third-order valence-corrected chi connectivity index (χ3v) is 2.22. The molecule has 0 saturated carbocycles. The molecule has 0 aliphatic carbocycles. The average molecular weight is 245 g/mol. The third kappa shape index (κ3) is 2.45. The van der Waals surface area contributed by atoms with Crippen LogP contribution in [0.4, 0.5) is 0 Å². The van der Waals surface area contributed by atoms with Crippen molar-refractivity contribution in [3.05, 3.63) is 28.2 Å². The molecule has 4 heteroatoms. The molecule has 0 aliphatic heterocycles. The minimum Gasteiger partial charge on any atom is -0.495 e. The summed E-state index contributed by atoms with van der Waals surface area (Å²) in [5.74, 6) is -0.277. The Hall–Kier alpha value is -1.03. The van der Waals surface area contributed by atoms with E-state index in [2.05, 4.69) is 15.9 Å². The molecule has 0 amide bonds. The molecule has 0 spiro atoms. The van der Waals surface area contributed by atoms with Crippen molar-refractivity contribution < 1.29 is 14.6 Å². The number of carbonyl (C=O) groups is 1. The van der Waals surface area contributed by atoms with Crippen molar-refractivity contribution >= 4 is 21.9 Å². The van der Waals surface area contributed by atoms with E-state index in [0.717, 1.165) is 4.47 Å². The predicted molar refractivity (Wildman–Crippen MR) is 52.0 cm³/mol. The zero-order chi connectivity index (χ0) is 9.84. The summed E-state index contributed by atoms with van der Waals surface area (Å²) in [6.45, 7) is 0. The fraction of sp³-hybridized carbons (Fsp3) is 0.222. The van der Waals surface area contributed by atoms with Crippen LogP contribution in [0.2, 0.25) is 0 Å². The van der Waals surface area contributed by atoms with Gasteiger partial charge in [0.05, 0.1) is 18.0 Å². The number of halogens is 1. The van der Waals surface area contributed by atoms with Gasteiger partial charge in [-0.2, -0.15) is 0 Å². The van der Waals surface area contributed by atoms with Gasteiger partial charge in [0, 0.05) is 5.56 Å². The Labute approximate surface area is 84.5 Å². The van der Waals surface area contributed by atoms with Gasteiger partial charge in [-0.3, -0.25) is 4.79 Å². The van der Waals surface area contributed by atoms with E-state index in [4.69, 9.17) is 9.84 Å². The summed E-state index contributed by atoms with van der Waals surface area (Å²) in [7, 11) is 1.52. The maximum atomic E-state index is 10.5. The first-order chi connectivity index (χ1) is 6.15. The molecule has 1 aromatic rings. The number of aliphatic carboxylic acids is 1. The molecule has 13 heavy (non-hydrogen) atoms. The Bertz CT molecular complexity index is 323. The summed E-state index contributed by atoms with van der Waals surface area (Å²) < 4.78 is 5.84. The molecule has 3 nitrogen and oxygen atoms in total. The van der Waals surface area contributed by atoms with E-state index in [1.54, 1.807) is 12.1 Å². The van der Waals surface area contributed by atoms with Gasteiger partial charge >= 0.3 is 5.97 Å². The van der Waals surface area contributed by atoms with Crippen molar-refractivity contribution in [1.29, 1.82) is 0 Å². The number of carboxylic acid groups (broad SMARTS) is 1. The monoisotopic (exact) mass is 244 g/mol. The van der Waals surface area contributed by atoms with Crippen LogP contribution < -0.4 is 4.74 Å². The predicted octanol–water partition coefficient (Wildman–Crippen LogP) is 2.08. The summed E-state index contributed by atoms with van der Waals surface area (Å²) in [5, 5.41) is 8.61. The van der Waals surface area contributed by atoms with Crippen LogP contribution in [-0.2, 0) is 11.2 Å². The number of rotatable bonds is 3. The van der Waals surface area contributed by atoms with Gasteiger partial charge in [-0.1, -0.05) is 12.1 Å². The molecule has 0 radical (unpaired) electrons. The molecule has 0 unspecified atom stereocenters. The van der Waals surface area contributed by atoms with Gasteiger partial charge in [0.2, 0.25) is 0 Å². The number of ether oxygens (including phenoxy) is 1. The zero-order valence-corrected chi connectivity index (χ0v) is 8.67. The van der Waals surface area contributed by atoms with Crippen molar-refractivity contribution in [3.8, 4) is 5.75 Å². The van der Waals surface area contributed by atoms with Crippen molar-refractivity contribution in [1.82, 2.24) is 0 Å². The number of methoxy groups -OCH3 is 1. The lowest BCUT2D eigenvalue weighted by molar-refractivity contribution is -0.136. The maximum Gasteiger partial charge on any atom is 0.307 e. The van der Waals surface area contributed by atoms with Crippen molar-refractivity contribution in [2.75, 3.05) is 7.11 Å². The van der Waals surface area contributed by atoms with Crippen LogP contribution in [-0.4, -0.2) is 18.2 Å². The van der Waals surface area contributed by atoms with E-state index in [9.17, 15) is 4.79 Å². The largest absolute Gasteiger partial charge is 0.495 e. The Kier molecular flexibility index (Phi) is 3.31. The molecular weight excluding hydrogens is 236 g/mol. The molecule has 1 aromatic carbocycles. The second kappa shape index (κ2) is 4.28. The van der Waals surface area contributed by atoms with Crippen molar-refractivity contribution in [3.63, 3.8) is 0 Å². The molecule has 0 aliphatic rings. The molecule has 0 bridgehead atoms. The first-order valence-corrected chi connectivity index (χ1v) is 4.47. The lowest BCUT2D eigenvalue weighted by Crippen LogP contribution is -2.02. The second-order valence-electron chi connectivity index (χ2n) is 2.50. The summed E-state index contributed by atoms with van der Waals surface area (Å²) in [6.07, 6.45) is -0.0252. The SMILES string of the molecule is COc1c(Br)cccc1CC(=O)O.